The summed E-state index contributed by atoms with van der Waals surface area (Å²) in [4.78, 5) is 24.7. The summed E-state index contributed by atoms with van der Waals surface area (Å²) < 4.78 is 10.7. The maximum atomic E-state index is 12.4. The average molecular weight is 521 g/mol. The van der Waals surface area contributed by atoms with Gasteiger partial charge in [0.25, 0.3) is 0 Å². The minimum absolute atomic E-state index is 0.293. The molecule has 3 rings (SSSR count). The van der Waals surface area contributed by atoms with Crippen molar-refractivity contribution in [3.63, 3.8) is 0 Å². The van der Waals surface area contributed by atoms with Crippen molar-refractivity contribution >= 4 is 11.9 Å². The highest BCUT2D eigenvalue weighted by Gasteiger charge is 2.18. The largest absolute Gasteiger partial charge is 0.462 e. The standard InChI is InChI=1S/C24H38O4.C10H10/c1-3-5-7-9-11-15-19-27-23(25)21-17-13-14-18-22(21)24(26)28-20-16-12-10-8-6-4-2;1-2-6-9(5-1)10-7-3-4-8-10/h13-14,17-18H,3-12,15-16,19-20H2,1-2H3;1-5,7H,6,8H2. The smallest absolute Gasteiger partial charge is 0.339 e. The molecule has 208 valence electrons. The molecule has 0 radical (unpaired) electrons. The van der Waals surface area contributed by atoms with E-state index in [0.717, 1.165) is 38.5 Å². The van der Waals surface area contributed by atoms with Gasteiger partial charge in [-0.3, -0.25) is 0 Å². The van der Waals surface area contributed by atoms with Crippen LogP contribution in [0.5, 0.6) is 0 Å². The van der Waals surface area contributed by atoms with Crippen LogP contribution in [0.1, 0.15) is 124 Å². The maximum absolute atomic E-state index is 12.4. The lowest BCUT2D eigenvalue weighted by atomic mass is 10.1. The molecule has 0 bridgehead atoms. The number of unbranched alkanes of at least 4 members (excludes halogenated alkanes) is 10. The Hall–Kier alpha value is -2.88. The van der Waals surface area contributed by atoms with E-state index < -0.39 is 11.9 Å². The van der Waals surface area contributed by atoms with E-state index in [4.69, 9.17) is 9.47 Å². The monoisotopic (exact) mass is 520 g/mol. The molecule has 0 aliphatic heterocycles. The SMILES string of the molecule is C1=CCC(C2=CC=CC2)=C1.CCCCCCCCOC(=O)c1ccccc1C(=O)OCCCCCCCC. The third-order valence-electron chi connectivity index (χ3n) is 6.78. The summed E-state index contributed by atoms with van der Waals surface area (Å²) >= 11 is 0. The van der Waals surface area contributed by atoms with Crippen molar-refractivity contribution in [2.24, 2.45) is 0 Å². The second-order valence-electron chi connectivity index (χ2n) is 10.0. The minimum Gasteiger partial charge on any atom is -0.462 e. The van der Waals surface area contributed by atoms with Crippen LogP contribution in [0.25, 0.3) is 0 Å². The van der Waals surface area contributed by atoms with Gasteiger partial charge >= 0.3 is 11.9 Å². The Morgan fingerprint density at radius 3 is 1.37 bits per heavy atom. The molecule has 0 amide bonds. The number of rotatable bonds is 17. The van der Waals surface area contributed by atoms with Gasteiger partial charge < -0.3 is 9.47 Å². The van der Waals surface area contributed by atoms with Crippen LogP contribution >= 0.6 is 0 Å². The summed E-state index contributed by atoms with van der Waals surface area (Å²) in [6.45, 7) is 5.17. The van der Waals surface area contributed by atoms with Crippen LogP contribution in [0.2, 0.25) is 0 Å². The first-order valence-corrected chi connectivity index (χ1v) is 14.8. The van der Waals surface area contributed by atoms with Crippen LogP contribution in [-0.4, -0.2) is 25.2 Å². The molecule has 4 heteroatoms. The maximum Gasteiger partial charge on any atom is 0.339 e. The fourth-order valence-electron chi connectivity index (χ4n) is 4.46. The summed E-state index contributed by atoms with van der Waals surface area (Å²) in [5.74, 6) is -0.888. The van der Waals surface area contributed by atoms with Crippen LogP contribution in [0, 0.1) is 0 Å². The van der Waals surface area contributed by atoms with Crippen LogP contribution in [0.15, 0.2) is 71.9 Å². The molecule has 1 aromatic rings. The Balaban J connectivity index is 0.000000415. The van der Waals surface area contributed by atoms with E-state index in [-0.39, 0.29) is 0 Å². The van der Waals surface area contributed by atoms with Gasteiger partial charge in [0.1, 0.15) is 0 Å². The van der Waals surface area contributed by atoms with Crippen molar-refractivity contribution in [1.29, 1.82) is 0 Å². The van der Waals surface area contributed by atoms with Crippen LogP contribution in [-0.2, 0) is 9.47 Å². The predicted molar refractivity (Wildman–Crippen MR) is 157 cm³/mol. The zero-order valence-corrected chi connectivity index (χ0v) is 23.7. The zero-order valence-electron chi connectivity index (χ0n) is 23.7. The molecule has 0 saturated carbocycles. The number of hydrogen-bond acceptors (Lipinski definition) is 4. The Morgan fingerprint density at radius 1 is 0.605 bits per heavy atom. The Kier molecular flexibility index (Phi) is 16.6. The molecule has 2 aliphatic rings. The number of carbonyl (C=O) groups is 2. The minimum atomic E-state index is -0.444. The fourth-order valence-corrected chi connectivity index (χ4v) is 4.46. The Bertz CT molecular complexity index is 874. The summed E-state index contributed by atoms with van der Waals surface area (Å²) in [5.41, 5.74) is 3.57. The lowest BCUT2D eigenvalue weighted by Crippen LogP contribution is -2.15. The van der Waals surface area contributed by atoms with E-state index >= 15 is 0 Å². The molecule has 0 aromatic heterocycles. The molecule has 4 nitrogen and oxygen atoms in total. The number of esters is 2. The van der Waals surface area contributed by atoms with E-state index in [2.05, 4.69) is 50.3 Å². The van der Waals surface area contributed by atoms with Crippen LogP contribution < -0.4 is 0 Å². The van der Waals surface area contributed by atoms with E-state index in [1.165, 1.54) is 62.5 Å². The first-order valence-electron chi connectivity index (χ1n) is 14.8. The van der Waals surface area contributed by atoms with Gasteiger partial charge in [0, 0.05) is 0 Å². The third kappa shape index (κ3) is 12.6. The van der Waals surface area contributed by atoms with E-state index in [1.807, 2.05) is 0 Å². The Morgan fingerprint density at radius 2 is 1.00 bits per heavy atom. The molecular weight excluding hydrogens is 472 g/mol. The summed E-state index contributed by atoms with van der Waals surface area (Å²) in [7, 11) is 0. The predicted octanol–water partition coefficient (Wildman–Crippen LogP) is 9.48. The quantitative estimate of drug-likeness (QED) is 0.152. The van der Waals surface area contributed by atoms with Gasteiger partial charge in [0.15, 0.2) is 0 Å². The van der Waals surface area contributed by atoms with E-state index in [1.54, 1.807) is 24.3 Å². The van der Waals surface area contributed by atoms with Crippen LogP contribution in [0.4, 0.5) is 0 Å². The van der Waals surface area contributed by atoms with Crippen molar-refractivity contribution < 1.29 is 19.1 Å². The molecular formula is C34H48O4. The Labute approximate surface area is 230 Å². The van der Waals surface area contributed by atoms with Gasteiger partial charge in [-0.15, -0.1) is 0 Å². The number of hydrogen-bond donors (Lipinski definition) is 0. The van der Waals surface area contributed by atoms with E-state index in [9.17, 15) is 9.59 Å². The molecule has 0 heterocycles. The number of ether oxygens (including phenoxy) is 2. The molecule has 38 heavy (non-hydrogen) atoms. The highest BCUT2D eigenvalue weighted by Crippen LogP contribution is 2.25. The number of allylic oxidation sites excluding steroid dienone is 8. The first-order chi connectivity index (χ1) is 18.7. The van der Waals surface area contributed by atoms with Crippen molar-refractivity contribution in [1.82, 2.24) is 0 Å². The second-order valence-corrected chi connectivity index (χ2v) is 10.0. The zero-order chi connectivity index (χ0) is 27.3. The molecule has 0 N–H and O–H groups in total. The van der Waals surface area contributed by atoms with Crippen molar-refractivity contribution in [2.75, 3.05) is 13.2 Å². The third-order valence-corrected chi connectivity index (χ3v) is 6.78. The van der Waals surface area contributed by atoms with E-state index in [0.29, 0.717) is 24.3 Å². The molecule has 0 saturated heterocycles. The lowest BCUT2D eigenvalue weighted by Gasteiger charge is -2.10. The molecule has 0 unspecified atom stereocenters. The summed E-state index contributed by atoms with van der Waals surface area (Å²) in [6, 6.07) is 6.74. The summed E-state index contributed by atoms with van der Waals surface area (Å²) in [6.07, 6.45) is 29.0. The van der Waals surface area contributed by atoms with Gasteiger partial charge in [0.05, 0.1) is 24.3 Å². The van der Waals surface area contributed by atoms with Gasteiger partial charge in [-0.1, -0.05) is 127 Å². The van der Waals surface area contributed by atoms with Gasteiger partial charge in [-0.05, 0) is 49.0 Å². The lowest BCUT2D eigenvalue weighted by molar-refractivity contribution is 0.0450. The van der Waals surface area contributed by atoms with Gasteiger partial charge in [0.2, 0.25) is 0 Å². The fraction of sp³-hybridized carbons (Fsp3) is 0.529. The molecule has 0 fully saturated rings. The van der Waals surface area contributed by atoms with Gasteiger partial charge in [-0.2, -0.15) is 0 Å². The number of carbonyl (C=O) groups excluding carboxylic acids is 2. The molecule has 2 aliphatic carbocycles. The first kappa shape index (κ1) is 31.3. The highest BCUT2D eigenvalue weighted by atomic mass is 16.5. The highest BCUT2D eigenvalue weighted by molar-refractivity contribution is 6.03. The average Bonchev–Trinajstić information content (AvgIpc) is 3.67. The normalized spacial score (nSPS) is 13.5. The van der Waals surface area contributed by atoms with Crippen molar-refractivity contribution in [3.8, 4) is 0 Å². The van der Waals surface area contributed by atoms with Crippen molar-refractivity contribution in [3.05, 3.63) is 83.0 Å². The van der Waals surface area contributed by atoms with Crippen molar-refractivity contribution in [2.45, 2.75) is 104 Å². The molecule has 1 aromatic carbocycles. The van der Waals surface area contributed by atoms with Crippen LogP contribution in [0.3, 0.4) is 0 Å². The molecule has 0 spiro atoms. The second kappa shape index (κ2) is 20.1. The topological polar surface area (TPSA) is 52.6 Å². The van der Waals surface area contributed by atoms with Gasteiger partial charge in [-0.25, -0.2) is 9.59 Å². The summed E-state index contributed by atoms with van der Waals surface area (Å²) in [5, 5.41) is 0. The number of benzene rings is 1. The molecule has 0 atom stereocenters.